The van der Waals surface area contributed by atoms with Gasteiger partial charge in [0.05, 0.1) is 11.4 Å². The van der Waals surface area contributed by atoms with Gasteiger partial charge in [0, 0.05) is 30.4 Å². The first-order valence-electron chi connectivity index (χ1n) is 7.09. The van der Waals surface area contributed by atoms with Crippen LogP contribution in [0.15, 0.2) is 42.0 Å². The van der Waals surface area contributed by atoms with Gasteiger partial charge in [-0.3, -0.25) is 4.40 Å². The SMILES string of the molecule is CNc1nccc(-c2c(-c3ccc(F)c(F)c3)nc3sccn23)n1. The van der Waals surface area contributed by atoms with Crippen molar-refractivity contribution in [2.45, 2.75) is 0 Å². The number of aromatic nitrogens is 4. The molecule has 0 atom stereocenters. The monoisotopic (exact) mass is 343 g/mol. The zero-order chi connectivity index (χ0) is 16.7. The van der Waals surface area contributed by atoms with Gasteiger partial charge in [0.1, 0.15) is 5.69 Å². The fraction of sp³-hybridized carbons (Fsp3) is 0.0625. The summed E-state index contributed by atoms with van der Waals surface area (Å²) in [6.07, 6.45) is 3.50. The van der Waals surface area contributed by atoms with E-state index in [4.69, 9.17) is 0 Å². The van der Waals surface area contributed by atoms with Crippen LogP contribution in [-0.2, 0) is 0 Å². The lowest BCUT2D eigenvalue weighted by atomic mass is 10.1. The van der Waals surface area contributed by atoms with E-state index in [1.165, 1.54) is 17.4 Å². The molecular formula is C16H11F2N5S. The number of benzene rings is 1. The largest absolute Gasteiger partial charge is 0.357 e. The highest BCUT2D eigenvalue weighted by Crippen LogP contribution is 2.34. The molecule has 0 aliphatic rings. The topological polar surface area (TPSA) is 55.1 Å². The van der Waals surface area contributed by atoms with Crippen LogP contribution in [0.5, 0.6) is 0 Å². The van der Waals surface area contributed by atoms with Crippen molar-refractivity contribution in [2.75, 3.05) is 12.4 Å². The minimum Gasteiger partial charge on any atom is -0.357 e. The van der Waals surface area contributed by atoms with Gasteiger partial charge in [-0.2, -0.15) is 0 Å². The highest BCUT2D eigenvalue weighted by atomic mass is 32.1. The maximum absolute atomic E-state index is 13.7. The molecule has 0 unspecified atom stereocenters. The summed E-state index contributed by atoms with van der Waals surface area (Å²) in [6, 6.07) is 5.51. The normalized spacial score (nSPS) is 11.1. The summed E-state index contributed by atoms with van der Waals surface area (Å²) in [6.45, 7) is 0. The Morgan fingerprint density at radius 1 is 1.12 bits per heavy atom. The Morgan fingerprint density at radius 3 is 2.79 bits per heavy atom. The molecule has 3 aromatic heterocycles. The number of anilines is 1. The van der Waals surface area contributed by atoms with E-state index in [0.29, 0.717) is 28.6 Å². The molecule has 4 aromatic rings. The molecule has 0 amide bonds. The van der Waals surface area contributed by atoms with Gasteiger partial charge < -0.3 is 5.32 Å². The van der Waals surface area contributed by atoms with Crippen molar-refractivity contribution < 1.29 is 8.78 Å². The van der Waals surface area contributed by atoms with Gasteiger partial charge in [-0.25, -0.2) is 23.7 Å². The van der Waals surface area contributed by atoms with Crippen molar-refractivity contribution in [3.05, 3.63) is 53.7 Å². The first-order chi connectivity index (χ1) is 11.7. The van der Waals surface area contributed by atoms with E-state index in [1.807, 2.05) is 16.0 Å². The van der Waals surface area contributed by atoms with Gasteiger partial charge in [0.15, 0.2) is 16.6 Å². The van der Waals surface area contributed by atoms with E-state index in [2.05, 4.69) is 20.3 Å². The third-order valence-electron chi connectivity index (χ3n) is 3.58. The third kappa shape index (κ3) is 2.31. The second-order valence-corrected chi connectivity index (χ2v) is 5.88. The average molecular weight is 343 g/mol. The molecule has 120 valence electrons. The second kappa shape index (κ2) is 5.64. The fourth-order valence-electron chi connectivity index (χ4n) is 2.49. The maximum Gasteiger partial charge on any atom is 0.222 e. The van der Waals surface area contributed by atoms with E-state index in [0.717, 1.165) is 17.1 Å². The van der Waals surface area contributed by atoms with E-state index in [9.17, 15) is 8.78 Å². The lowest BCUT2D eigenvalue weighted by Gasteiger charge is -2.06. The number of hydrogen-bond donors (Lipinski definition) is 1. The van der Waals surface area contributed by atoms with Crippen LogP contribution in [0.25, 0.3) is 27.6 Å². The number of imidazole rings is 1. The Bertz CT molecular complexity index is 1040. The third-order valence-corrected chi connectivity index (χ3v) is 4.33. The summed E-state index contributed by atoms with van der Waals surface area (Å²) in [5, 5.41) is 4.79. The Balaban J connectivity index is 1.99. The highest BCUT2D eigenvalue weighted by Gasteiger charge is 2.19. The standard InChI is InChI=1S/C16H11F2N5S/c1-19-15-20-5-4-12(21-15)14-13(22-16-23(14)6-7-24-16)9-2-3-10(17)11(18)8-9/h2-8H,1H3,(H,19,20,21). The minimum atomic E-state index is -0.909. The summed E-state index contributed by atoms with van der Waals surface area (Å²) in [5.74, 6) is -1.33. The molecular weight excluding hydrogens is 332 g/mol. The maximum atomic E-state index is 13.7. The minimum absolute atomic E-state index is 0.467. The van der Waals surface area contributed by atoms with Crippen LogP contribution >= 0.6 is 11.3 Å². The number of thiazole rings is 1. The van der Waals surface area contributed by atoms with Crippen LogP contribution in [-0.4, -0.2) is 26.4 Å². The van der Waals surface area contributed by atoms with Gasteiger partial charge in [-0.15, -0.1) is 11.3 Å². The summed E-state index contributed by atoms with van der Waals surface area (Å²) in [7, 11) is 1.73. The van der Waals surface area contributed by atoms with Crippen molar-refractivity contribution in [3.8, 4) is 22.6 Å². The summed E-state index contributed by atoms with van der Waals surface area (Å²) < 4.78 is 28.8. The smallest absolute Gasteiger partial charge is 0.222 e. The molecule has 24 heavy (non-hydrogen) atoms. The molecule has 0 fully saturated rings. The molecule has 1 aromatic carbocycles. The number of nitrogens with one attached hydrogen (secondary N) is 1. The van der Waals surface area contributed by atoms with Gasteiger partial charge in [-0.05, 0) is 24.3 Å². The first kappa shape index (κ1) is 14.7. The van der Waals surface area contributed by atoms with Crippen molar-refractivity contribution >= 4 is 22.2 Å². The number of halogens is 2. The zero-order valence-electron chi connectivity index (χ0n) is 12.5. The summed E-state index contributed by atoms with van der Waals surface area (Å²) in [4.78, 5) is 13.8. The Hall–Kier alpha value is -2.87. The quantitative estimate of drug-likeness (QED) is 0.614. The van der Waals surface area contributed by atoms with Crippen LogP contribution in [0.3, 0.4) is 0 Å². The molecule has 3 heterocycles. The molecule has 0 bridgehead atoms. The van der Waals surface area contributed by atoms with Crippen LogP contribution < -0.4 is 5.32 Å². The van der Waals surface area contributed by atoms with Gasteiger partial charge >= 0.3 is 0 Å². The fourth-order valence-corrected chi connectivity index (χ4v) is 3.20. The Kier molecular flexibility index (Phi) is 3.46. The van der Waals surface area contributed by atoms with Crippen LogP contribution in [0.2, 0.25) is 0 Å². The Morgan fingerprint density at radius 2 is 2.00 bits per heavy atom. The molecule has 0 saturated heterocycles. The van der Waals surface area contributed by atoms with E-state index in [1.54, 1.807) is 19.3 Å². The molecule has 0 aliphatic heterocycles. The molecule has 0 saturated carbocycles. The second-order valence-electron chi connectivity index (χ2n) is 5.01. The molecule has 0 radical (unpaired) electrons. The van der Waals surface area contributed by atoms with Crippen molar-refractivity contribution in [1.82, 2.24) is 19.4 Å². The highest BCUT2D eigenvalue weighted by molar-refractivity contribution is 7.15. The van der Waals surface area contributed by atoms with Crippen molar-refractivity contribution in [1.29, 1.82) is 0 Å². The van der Waals surface area contributed by atoms with E-state index in [-0.39, 0.29) is 0 Å². The van der Waals surface area contributed by atoms with Crippen molar-refractivity contribution in [2.24, 2.45) is 0 Å². The number of fused-ring (bicyclic) bond motifs is 1. The molecule has 8 heteroatoms. The lowest BCUT2D eigenvalue weighted by molar-refractivity contribution is 0.509. The number of hydrogen-bond acceptors (Lipinski definition) is 5. The summed E-state index contributed by atoms with van der Waals surface area (Å²) in [5.41, 5.74) is 2.38. The Labute approximate surface area is 139 Å². The van der Waals surface area contributed by atoms with Crippen LogP contribution in [0.1, 0.15) is 0 Å². The predicted molar refractivity (Wildman–Crippen MR) is 89.0 cm³/mol. The number of nitrogens with zero attached hydrogens (tertiary/aromatic N) is 4. The summed E-state index contributed by atoms with van der Waals surface area (Å²) >= 11 is 1.45. The molecule has 5 nitrogen and oxygen atoms in total. The average Bonchev–Trinajstić information content (AvgIpc) is 3.18. The zero-order valence-corrected chi connectivity index (χ0v) is 13.3. The first-order valence-corrected chi connectivity index (χ1v) is 7.97. The molecule has 4 rings (SSSR count). The molecule has 0 spiro atoms. The van der Waals surface area contributed by atoms with E-state index >= 15 is 0 Å². The lowest BCUT2D eigenvalue weighted by Crippen LogP contribution is -1.98. The van der Waals surface area contributed by atoms with E-state index < -0.39 is 11.6 Å². The molecule has 0 aliphatic carbocycles. The van der Waals surface area contributed by atoms with Crippen LogP contribution in [0.4, 0.5) is 14.7 Å². The van der Waals surface area contributed by atoms with Gasteiger partial charge in [0.2, 0.25) is 5.95 Å². The predicted octanol–water partition coefficient (Wildman–Crippen LogP) is 3.84. The van der Waals surface area contributed by atoms with Crippen molar-refractivity contribution in [3.63, 3.8) is 0 Å². The van der Waals surface area contributed by atoms with Crippen LogP contribution in [0, 0.1) is 11.6 Å². The number of rotatable bonds is 3. The van der Waals surface area contributed by atoms with Gasteiger partial charge in [0.25, 0.3) is 0 Å². The molecule has 1 N–H and O–H groups in total. The van der Waals surface area contributed by atoms with Gasteiger partial charge in [-0.1, -0.05) is 0 Å².